The van der Waals surface area contributed by atoms with E-state index in [1.807, 2.05) is 74.5 Å². The minimum absolute atomic E-state index is 0.310. The molecular formula is C25H25N3O2. The van der Waals surface area contributed by atoms with Crippen molar-refractivity contribution in [3.63, 3.8) is 0 Å². The number of rotatable bonds is 6. The molecule has 1 aromatic heterocycles. The number of nitrogens with zero attached hydrogens (tertiary/aromatic N) is 3. The molecule has 3 aromatic rings. The largest absolute Gasteiger partial charge is 0.464 e. The Morgan fingerprint density at radius 1 is 1.00 bits per heavy atom. The minimum Gasteiger partial charge on any atom is -0.464 e. The van der Waals surface area contributed by atoms with E-state index < -0.39 is 5.54 Å². The van der Waals surface area contributed by atoms with Crippen molar-refractivity contribution < 1.29 is 9.53 Å². The molecule has 5 nitrogen and oxygen atoms in total. The molecule has 152 valence electrons. The number of aliphatic imine (C=N–C) groups is 1. The number of amidine groups is 1. The first kappa shape index (κ1) is 19.8. The van der Waals surface area contributed by atoms with Crippen molar-refractivity contribution in [2.45, 2.75) is 32.0 Å². The number of hydrogen-bond donors (Lipinski definition) is 0. The zero-order valence-electron chi connectivity index (χ0n) is 17.2. The number of aromatic nitrogens is 1. The predicted molar refractivity (Wildman–Crippen MR) is 117 cm³/mol. The molecule has 0 aliphatic carbocycles. The lowest BCUT2D eigenvalue weighted by Gasteiger charge is -2.34. The smallest absolute Gasteiger partial charge is 0.336 e. The summed E-state index contributed by atoms with van der Waals surface area (Å²) in [5.41, 5.74) is 2.03. The van der Waals surface area contributed by atoms with E-state index in [9.17, 15) is 4.79 Å². The molecule has 0 fully saturated rings. The number of ether oxygens (including phenoxy) is 1. The molecule has 1 aliphatic rings. The van der Waals surface area contributed by atoms with Crippen LogP contribution in [0.3, 0.4) is 0 Å². The molecule has 0 amide bonds. The van der Waals surface area contributed by atoms with Crippen LogP contribution in [0.5, 0.6) is 0 Å². The molecule has 30 heavy (non-hydrogen) atoms. The fourth-order valence-electron chi connectivity index (χ4n) is 4.02. The minimum atomic E-state index is -1.07. The fourth-order valence-corrected chi connectivity index (χ4v) is 4.02. The van der Waals surface area contributed by atoms with E-state index in [-0.39, 0.29) is 12.0 Å². The lowest BCUT2D eigenvalue weighted by Crippen LogP contribution is -2.44. The Labute approximate surface area is 177 Å². The van der Waals surface area contributed by atoms with Gasteiger partial charge in [-0.05, 0) is 37.1 Å². The maximum atomic E-state index is 13.2. The van der Waals surface area contributed by atoms with E-state index >= 15 is 0 Å². The van der Waals surface area contributed by atoms with Crippen LogP contribution in [-0.4, -0.2) is 33.8 Å². The van der Waals surface area contributed by atoms with Gasteiger partial charge in [0.1, 0.15) is 5.84 Å². The highest BCUT2D eigenvalue weighted by Crippen LogP contribution is 2.43. The molecule has 2 atom stereocenters. The summed E-state index contributed by atoms with van der Waals surface area (Å²) in [5, 5.41) is 0. The maximum absolute atomic E-state index is 13.2. The first-order valence-electron chi connectivity index (χ1n) is 10.2. The third kappa shape index (κ3) is 3.71. The number of carbonyl (C=O) groups is 1. The lowest BCUT2D eigenvalue weighted by atomic mass is 9.87. The average molecular weight is 399 g/mol. The summed E-state index contributed by atoms with van der Waals surface area (Å²) in [5.74, 6) is 0.465. The molecule has 0 saturated heterocycles. The van der Waals surface area contributed by atoms with Gasteiger partial charge in [0, 0.05) is 24.5 Å². The second-order valence-corrected chi connectivity index (χ2v) is 7.47. The van der Waals surface area contributed by atoms with Gasteiger partial charge >= 0.3 is 5.97 Å². The van der Waals surface area contributed by atoms with Crippen LogP contribution < -0.4 is 0 Å². The van der Waals surface area contributed by atoms with E-state index in [0.717, 1.165) is 22.5 Å². The lowest BCUT2D eigenvalue weighted by molar-refractivity contribution is -0.150. The van der Waals surface area contributed by atoms with Gasteiger partial charge < -0.3 is 9.64 Å². The highest BCUT2D eigenvalue weighted by molar-refractivity contribution is 6.04. The highest BCUT2D eigenvalue weighted by atomic mass is 16.5. The number of pyridine rings is 1. The maximum Gasteiger partial charge on any atom is 0.336 e. The van der Waals surface area contributed by atoms with Crippen molar-refractivity contribution in [2.24, 2.45) is 4.99 Å². The standard InChI is InChI=1S/C25H25N3O2/c1-3-30-24(29)25(2)22(20-14-16-26-17-15-20)28(18-19-10-6-4-7-11-19)23(27-25)21-12-8-5-9-13-21/h4-17,22H,3,18H2,1-2H3. The molecule has 4 rings (SSSR count). The van der Waals surface area contributed by atoms with Crippen LogP contribution in [0, 0.1) is 0 Å². The normalized spacial score (nSPS) is 20.7. The van der Waals surface area contributed by atoms with Gasteiger partial charge in [0.2, 0.25) is 0 Å². The molecule has 0 spiro atoms. The Morgan fingerprint density at radius 2 is 1.63 bits per heavy atom. The molecule has 0 radical (unpaired) electrons. The fraction of sp³-hybridized carbons (Fsp3) is 0.240. The van der Waals surface area contributed by atoms with Crippen molar-refractivity contribution in [3.05, 3.63) is 102 Å². The highest BCUT2D eigenvalue weighted by Gasteiger charge is 2.52. The van der Waals surface area contributed by atoms with Crippen molar-refractivity contribution in [3.8, 4) is 0 Å². The van der Waals surface area contributed by atoms with Crippen molar-refractivity contribution >= 4 is 11.8 Å². The molecule has 0 saturated carbocycles. The topological polar surface area (TPSA) is 54.8 Å². The van der Waals surface area contributed by atoms with E-state index in [1.54, 1.807) is 12.4 Å². The summed E-state index contributed by atoms with van der Waals surface area (Å²) in [6.07, 6.45) is 3.50. The van der Waals surface area contributed by atoms with Gasteiger partial charge in [-0.15, -0.1) is 0 Å². The molecule has 1 aliphatic heterocycles. The van der Waals surface area contributed by atoms with Gasteiger partial charge in [0.25, 0.3) is 0 Å². The van der Waals surface area contributed by atoms with Crippen LogP contribution in [0.15, 0.2) is 90.2 Å². The van der Waals surface area contributed by atoms with Crippen LogP contribution in [0.2, 0.25) is 0 Å². The van der Waals surface area contributed by atoms with E-state index in [4.69, 9.17) is 9.73 Å². The Bertz CT molecular complexity index is 1020. The monoisotopic (exact) mass is 399 g/mol. The first-order valence-corrected chi connectivity index (χ1v) is 10.2. The summed E-state index contributed by atoms with van der Waals surface area (Å²) in [6.45, 7) is 4.62. The summed E-state index contributed by atoms with van der Waals surface area (Å²) in [7, 11) is 0. The van der Waals surface area contributed by atoms with Crippen LogP contribution >= 0.6 is 0 Å². The van der Waals surface area contributed by atoms with Crippen LogP contribution in [0.25, 0.3) is 0 Å². The SMILES string of the molecule is CCOC(=O)C1(C)N=C(c2ccccc2)N(Cc2ccccc2)C1c1ccncc1. The first-order chi connectivity index (χ1) is 14.6. The molecule has 0 N–H and O–H groups in total. The molecule has 5 heteroatoms. The van der Waals surface area contributed by atoms with Crippen LogP contribution in [-0.2, 0) is 16.1 Å². The second kappa shape index (κ2) is 8.49. The molecule has 2 heterocycles. The van der Waals surface area contributed by atoms with Gasteiger partial charge in [0.15, 0.2) is 5.54 Å². The molecule has 2 aromatic carbocycles. The van der Waals surface area contributed by atoms with Gasteiger partial charge in [0.05, 0.1) is 12.6 Å². The van der Waals surface area contributed by atoms with E-state index in [0.29, 0.717) is 13.2 Å². The predicted octanol–water partition coefficient (Wildman–Crippen LogP) is 4.41. The molecule has 0 bridgehead atoms. The van der Waals surface area contributed by atoms with Crippen LogP contribution in [0.1, 0.15) is 36.6 Å². The molecular weight excluding hydrogens is 374 g/mol. The Balaban J connectivity index is 1.87. The van der Waals surface area contributed by atoms with E-state index in [2.05, 4.69) is 22.0 Å². The van der Waals surface area contributed by atoms with E-state index in [1.165, 1.54) is 0 Å². The van der Waals surface area contributed by atoms with Crippen molar-refractivity contribution in [2.75, 3.05) is 6.61 Å². The van der Waals surface area contributed by atoms with Crippen molar-refractivity contribution in [1.29, 1.82) is 0 Å². The zero-order valence-corrected chi connectivity index (χ0v) is 17.2. The third-order valence-electron chi connectivity index (χ3n) is 5.39. The molecule has 2 unspecified atom stereocenters. The summed E-state index contributed by atoms with van der Waals surface area (Å²) >= 11 is 0. The number of hydrogen-bond acceptors (Lipinski definition) is 5. The summed E-state index contributed by atoms with van der Waals surface area (Å²) in [4.78, 5) is 24.5. The average Bonchev–Trinajstić information content (AvgIpc) is 3.09. The zero-order chi connectivity index (χ0) is 21.0. The summed E-state index contributed by atoms with van der Waals surface area (Å²) < 4.78 is 5.47. The Hall–Kier alpha value is -3.47. The van der Waals surface area contributed by atoms with Crippen molar-refractivity contribution in [1.82, 2.24) is 9.88 Å². The summed E-state index contributed by atoms with van der Waals surface area (Å²) in [6, 6.07) is 23.8. The van der Waals surface area contributed by atoms with Gasteiger partial charge in [-0.25, -0.2) is 9.79 Å². The Morgan fingerprint density at radius 3 is 2.27 bits per heavy atom. The van der Waals surface area contributed by atoms with Crippen LogP contribution in [0.4, 0.5) is 0 Å². The van der Waals surface area contributed by atoms with Gasteiger partial charge in [-0.1, -0.05) is 60.7 Å². The number of esters is 1. The van der Waals surface area contributed by atoms with Gasteiger partial charge in [-0.3, -0.25) is 4.98 Å². The second-order valence-electron chi connectivity index (χ2n) is 7.47. The third-order valence-corrected chi connectivity index (χ3v) is 5.39. The Kier molecular flexibility index (Phi) is 5.61. The number of benzene rings is 2. The quantitative estimate of drug-likeness (QED) is 0.576. The van der Waals surface area contributed by atoms with Gasteiger partial charge in [-0.2, -0.15) is 0 Å². The number of carbonyl (C=O) groups excluding carboxylic acids is 1.